The van der Waals surface area contributed by atoms with Crippen LogP contribution < -0.4 is 5.56 Å². The second-order valence-corrected chi connectivity index (χ2v) is 3.64. The van der Waals surface area contributed by atoms with E-state index in [0.29, 0.717) is 10.9 Å². The van der Waals surface area contributed by atoms with Crippen molar-refractivity contribution in [1.82, 2.24) is 4.57 Å². The zero-order valence-electron chi connectivity index (χ0n) is 8.89. The number of carbonyl (C=O) groups is 1. The average molecular weight is 235 g/mol. The minimum atomic E-state index is -0.995. The van der Waals surface area contributed by atoms with E-state index in [0.717, 1.165) is 0 Å². The lowest BCUT2D eigenvalue weighted by molar-refractivity contribution is -0.137. The number of hydrogen-bond acceptors (Lipinski definition) is 2. The standard InChI is InChI=1S/C12H10FNO3/c13-9-2-1-3-10-8(9)4-5-11(15)14(10)7-6-12(16)17/h1-5H,6-7H2,(H,16,17). The van der Waals surface area contributed by atoms with Crippen molar-refractivity contribution in [3.63, 3.8) is 0 Å². The van der Waals surface area contributed by atoms with E-state index >= 15 is 0 Å². The number of benzene rings is 1. The lowest BCUT2D eigenvalue weighted by Crippen LogP contribution is -2.21. The van der Waals surface area contributed by atoms with E-state index < -0.39 is 11.8 Å². The predicted octanol–water partition coefficient (Wildman–Crippen LogP) is 1.62. The largest absolute Gasteiger partial charge is 0.481 e. The van der Waals surface area contributed by atoms with Gasteiger partial charge in [-0.25, -0.2) is 4.39 Å². The maximum atomic E-state index is 13.5. The number of aromatic nitrogens is 1. The molecule has 4 nitrogen and oxygen atoms in total. The van der Waals surface area contributed by atoms with Crippen LogP contribution in [0, 0.1) is 5.82 Å². The molecule has 2 aromatic rings. The lowest BCUT2D eigenvalue weighted by atomic mass is 10.2. The van der Waals surface area contributed by atoms with Crippen molar-refractivity contribution in [2.24, 2.45) is 0 Å². The molecule has 17 heavy (non-hydrogen) atoms. The molecule has 0 aliphatic rings. The van der Waals surface area contributed by atoms with Gasteiger partial charge < -0.3 is 9.67 Å². The number of hydrogen-bond donors (Lipinski definition) is 1. The zero-order valence-corrected chi connectivity index (χ0v) is 8.89. The zero-order chi connectivity index (χ0) is 12.4. The van der Waals surface area contributed by atoms with E-state index in [1.807, 2.05) is 0 Å². The lowest BCUT2D eigenvalue weighted by Gasteiger charge is -2.08. The summed E-state index contributed by atoms with van der Waals surface area (Å²) >= 11 is 0. The van der Waals surface area contributed by atoms with Crippen molar-refractivity contribution in [3.05, 3.63) is 46.5 Å². The summed E-state index contributed by atoms with van der Waals surface area (Å²) < 4.78 is 14.7. The van der Waals surface area contributed by atoms with Gasteiger partial charge in [0, 0.05) is 18.0 Å². The highest BCUT2D eigenvalue weighted by Gasteiger charge is 2.07. The van der Waals surface area contributed by atoms with Crippen LogP contribution in [0.15, 0.2) is 35.1 Å². The fourth-order valence-corrected chi connectivity index (χ4v) is 1.73. The van der Waals surface area contributed by atoms with Crippen molar-refractivity contribution >= 4 is 16.9 Å². The summed E-state index contributed by atoms with van der Waals surface area (Å²) in [7, 11) is 0. The van der Waals surface area contributed by atoms with Crippen LogP contribution in [0.4, 0.5) is 4.39 Å². The first-order valence-electron chi connectivity index (χ1n) is 5.09. The highest BCUT2D eigenvalue weighted by atomic mass is 19.1. The van der Waals surface area contributed by atoms with Gasteiger partial charge in [-0.3, -0.25) is 9.59 Å². The number of fused-ring (bicyclic) bond motifs is 1. The summed E-state index contributed by atoms with van der Waals surface area (Å²) in [5.74, 6) is -1.42. The fraction of sp³-hybridized carbons (Fsp3) is 0.167. The van der Waals surface area contributed by atoms with Gasteiger partial charge in [-0.1, -0.05) is 6.07 Å². The number of nitrogens with zero attached hydrogens (tertiary/aromatic N) is 1. The Morgan fingerprint density at radius 2 is 2.06 bits per heavy atom. The van der Waals surface area contributed by atoms with Crippen LogP contribution in [0.5, 0.6) is 0 Å². The van der Waals surface area contributed by atoms with Crippen molar-refractivity contribution in [2.75, 3.05) is 0 Å². The molecule has 0 spiro atoms. The smallest absolute Gasteiger partial charge is 0.305 e. The van der Waals surface area contributed by atoms with Gasteiger partial charge in [-0.05, 0) is 18.2 Å². The highest BCUT2D eigenvalue weighted by Crippen LogP contribution is 2.15. The van der Waals surface area contributed by atoms with Crippen LogP contribution in [0.3, 0.4) is 0 Å². The van der Waals surface area contributed by atoms with Crippen LogP contribution in [-0.2, 0) is 11.3 Å². The number of aryl methyl sites for hydroxylation is 1. The van der Waals surface area contributed by atoms with Crippen LogP contribution >= 0.6 is 0 Å². The van der Waals surface area contributed by atoms with Crippen molar-refractivity contribution in [2.45, 2.75) is 13.0 Å². The maximum Gasteiger partial charge on any atom is 0.305 e. The molecule has 5 heteroatoms. The molecule has 0 saturated carbocycles. The van der Waals surface area contributed by atoms with Gasteiger partial charge in [0.15, 0.2) is 0 Å². The van der Waals surface area contributed by atoms with Gasteiger partial charge >= 0.3 is 5.97 Å². The van der Waals surface area contributed by atoms with E-state index in [2.05, 4.69) is 0 Å². The topological polar surface area (TPSA) is 59.3 Å². The first-order valence-corrected chi connectivity index (χ1v) is 5.09. The Labute approximate surface area is 95.9 Å². The Bertz CT molecular complexity index is 633. The minimum absolute atomic E-state index is 0.0367. The molecule has 0 aliphatic carbocycles. The first-order chi connectivity index (χ1) is 8.09. The Balaban J connectivity index is 2.60. The second-order valence-electron chi connectivity index (χ2n) is 3.64. The van der Waals surface area contributed by atoms with E-state index in [1.54, 1.807) is 6.07 Å². The van der Waals surface area contributed by atoms with Crippen LogP contribution in [-0.4, -0.2) is 15.6 Å². The highest BCUT2D eigenvalue weighted by molar-refractivity contribution is 5.79. The molecule has 1 aromatic heterocycles. The molecular formula is C12H10FNO3. The van der Waals surface area contributed by atoms with E-state index in [-0.39, 0.29) is 18.5 Å². The summed E-state index contributed by atoms with van der Waals surface area (Å²) in [6.07, 6.45) is -0.171. The molecule has 0 atom stereocenters. The number of carboxylic acids is 1. The number of halogens is 1. The summed E-state index contributed by atoms with van der Waals surface area (Å²) in [5, 5.41) is 8.92. The minimum Gasteiger partial charge on any atom is -0.481 e. The third kappa shape index (κ3) is 2.18. The molecule has 0 aliphatic heterocycles. The van der Waals surface area contributed by atoms with Gasteiger partial charge in [0.25, 0.3) is 5.56 Å². The number of pyridine rings is 1. The summed E-state index contributed by atoms with van der Waals surface area (Å²) in [4.78, 5) is 22.1. The summed E-state index contributed by atoms with van der Waals surface area (Å²) in [6, 6.07) is 7.04. The van der Waals surface area contributed by atoms with Crippen molar-refractivity contribution in [1.29, 1.82) is 0 Å². The Hall–Kier alpha value is -2.17. The Morgan fingerprint density at radius 3 is 2.76 bits per heavy atom. The van der Waals surface area contributed by atoms with E-state index in [4.69, 9.17) is 5.11 Å². The molecular weight excluding hydrogens is 225 g/mol. The SMILES string of the molecule is O=C(O)CCn1c(=O)ccc2c(F)cccc21. The molecule has 0 fully saturated rings. The maximum absolute atomic E-state index is 13.5. The number of rotatable bonds is 3. The predicted molar refractivity (Wildman–Crippen MR) is 60.4 cm³/mol. The summed E-state index contributed by atoms with van der Waals surface area (Å²) in [5.41, 5.74) is 0.0862. The van der Waals surface area contributed by atoms with Crippen LogP contribution in [0.1, 0.15) is 6.42 Å². The molecule has 1 aromatic carbocycles. The fourth-order valence-electron chi connectivity index (χ4n) is 1.73. The average Bonchev–Trinajstić information content (AvgIpc) is 2.27. The van der Waals surface area contributed by atoms with E-state index in [1.165, 1.54) is 28.8 Å². The van der Waals surface area contributed by atoms with Crippen molar-refractivity contribution < 1.29 is 14.3 Å². The molecule has 0 saturated heterocycles. The third-order valence-electron chi connectivity index (χ3n) is 2.53. The van der Waals surface area contributed by atoms with Gasteiger partial charge in [0.1, 0.15) is 5.82 Å². The second kappa shape index (κ2) is 4.37. The monoisotopic (exact) mass is 235 g/mol. The molecule has 2 rings (SSSR count). The van der Waals surface area contributed by atoms with Gasteiger partial charge in [-0.15, -0.1) is 0 Å². The first kappa shape index (κ1) is 11.3. The third-order valence-corrected chi connectivity index (χ3v) is 2.53. The molecule has 88 valence electrons. The molecule has 0 bridgehead atoms. The van der Waals surface area contributed by atoms with Crippen LogP contribution in [0.25, 0.3) is 10.9 Å². The van der Waals surface area contributed by atoms with Gasteiger partial charge in [0.2, 0.25) is 0 Å². The molecule has 0 radical (unpaired) electrons. The Morgan fingerprint density at radius 1 is 1.29 bits per heavy atom. The van der Waals surface area contributed by atoms with Crippen LogP contribution in [0.2, 0.25) is 0 Å². The van der Waals surface area contributed by atoms with Gasteiger partial charge in [-0.2, -0.15) is 0 Å². The molecule has 1 heterocycles. The number of carboxylic acid groups (broad SMARTS) is 1. The molecule has 0 unspecified atom stereocenters. The normalized spacial score (nSPS) is 10.6. The Kier molecular flexibility index (Phi) is 2.91. The van der Waals surface area contributed by atoms with E-state index in [9.17, 15) is 14.0 Å². The summed E-state index contributed by atoms with van der Waals surface area (Å²) in [6.45, 7) is 0.0367. The quantitative estimate of drug-likeness (QED) is 0.879. The number of aliphatic carboxylic acids is 1. The molecule has 0 amide bonds. The van der Waals surface area contributed by atoms with Crippen molar-refractivity contribution in [3.8, 4) is 0 Å². The van der Waals surface area contributed by atoms with Gasteiger partial charge in [0.05, 0.1) is 11.9 Å². The molecule has 1 N–H and O–H groups in total.